The van der Waals surface area contributed by atoms with Crippen molar-refractivity contribution in [3.05, 3.63) is 0 Å². The van der Waals surface area contributed by atoms with E-state index in [1.54, 1.807) is 0 Å². The van der Waals surface area contributed by atoms with Crippen molar-refractivity contribution in [3.63, 3.8) is 0 Å². The lowest BCUT2D eigenvalue weighted by Gasteiger charge is -2.41. The minimum absolute atomic E-state index is 0.0875. The maximum absolute atomic E-state index is 11.8. The first-order valence-electron chi connectivity index (χ1n) is 7.10. The Labute approximate surface area is 121 Å². The first-order chi connectivity index (χ1) is 9.49. The molecule has 0 spiro atoms. The Hall–Kier alpha value is -1.11. The van der Waals surface area contributed by atoms with Crippen LogP contribution in [0, 0.1) is 5.41 Å². The fraction of sp³-hybridized carbons (Fsp3) is 0.846. The van der Waals surface area contributed by atoms with Gasteiger partial charge >= 0.3 is 12.0 Å². The van der Waals surface area contributed by atoms with Gasteiger partial charge in [-0.25, -0.2) is 4.79 Å². The number of aliphatic carboxylic acids is 1. The number of nitrogens with one attached hydrogen (secondary N) is 2. The van der Waals surface area contributed by atoms with Crippen molar-refractivity contribution in [1.29, 1.82) is 0 Å². The van der Waals surface area contributed by atoms with E-state index in [4.69, 9.17) is 5.11 Å². The number of amides is 2. The first kappa shape index (κ1) is 15.3. The number of hydrogen-bond donors (Lipinski definition) is 3. The highest BCUT2D eigenvalue weighted by Gasteiger charge is 2.39. The van der Waals surface area contributed by atoms with Crippen LogP contribution >= 0.6 is 0 Å². The van der Waals surface area contributed by atoms with E-state index in [1.165, 1.54) is 0 Å². The van der Waals surface area contributed by atoms with Crippen LogP contribution in [0.4, 0.5) is 4.79 Å². The van der Waals surface area contributed by atoms with E-state index in [0.29, 0.717) is 18.1 Å². The van der Waals surface area contributed by atoms with Crippen molar-refractivity contribution in [2.45, 2.75) is 44.6 Å². The number of carboxylic acids is 1. The van der Waals surface area contributed by atoms with E-state index >= 15 is 0 Å². The summed E-state index contributed by atoms with van der Waals surface area (Å²) in [5.74, 6) is 0.489. The van der Waals surface area contributed by atoms with Gasteiger partial charge in [0, 0.05) is 34.9 Å². The van der Waals surface area contributed by atoms with Gasteiger partial charge in [0.1, 0.15) is 0 Å². The van der Waals surface area contributed by atoms with Crippen LogP contribution in [-0.2, 0) is 15.6 Å². The third-order valence-electron chi connectivity index (χ3n) is 4.29. The number of carbonyl (C=O) groups excluding carboxylic acids is 1. The zero-order valence-corrected chi connectivity index (χ0v) is 12.3. The molecule has 0 bridgehead atoms. The fourth-order valence-corrected chi connectivity index (χ4v) is 4.15. The average molecular weight is 302 g/mol. The number of rotatable bonds is 5. The van der Waals surface area contributed by atoms with Gasteiger partial charge in [-0.15, -0.1) is 0 Å². The van der Waals surface area contributed by atoms with Crippen molar-refractivity contribution in [2.24, 2.45) is 5.41 Å². The molecule has 20 heavy (non-hydrogen) atoms. The van der Waals surface area contributed by atoms with Gasteiger partial charge in [-0.05, 0) is 31.1 Å². The molecule has 1 aliphatic carbocycles. The molecule has 1 aliphatic heterocycles. The van der Waals surface area contributed by atoms with Crippen LogP contribution in [0.2, 0.25) is 0 Å². The van der Waals surface area contributed by atoms with E-state index in [-0.39, 0.29) is 23.9 Å². The van der Waals surface area contributed by atoms with Crippen molar-refractivity contribution in [3.8, 4) is 0 Å². The van der Waals surface area contributed by atoms with Gasteiger partial charge in [-0.3, -0.25) is 9.00 Å². The van der Waals surface area contributed by atoms with Crippen LogP contribution in [0.15, 0.2) is 0 Å². The molecular formula is C13H22N2O4S. The molecule has 2 amide bonds. The van der Waals surface area contributed by atoms with Crippen molar-refractivity contribution < 1.29 is 18.9 Å². The largest absolute Gasteiger partial charge is 0.481 e. The third-order valence-corrected chi connectivity index (χ3v) is 5.67. The lowest BCUT2D eigenvalue weighted by atomic mass is 9.66. The lowest BCUT2D eigenvalue weighted by Crippen LogP contribution is -2.49. The molecule has 3 N–H and O–H groups in total. The molecule has 0 aromatic rings. The van der Waals surface area contributed by atoms with Gasteiger partial charge in [-0.1, -0.05) is 6.42 Å². The van der Waals surface area contributed by atoms with E-state index in [2.05, 4.69) is 10.6 Å². The summed E-state index contributed by atoms with van der Waals surface area (Å²) >= 11 is 0. The fourth-order valence-electron chi connectivity index (χ4n) is 2.86. The molecule has 114 valence electrons. The quantitative estimate of drug-likeness (QED) is 0.701. The SMILES string of the molecule is O=C(O)CC1(CNC(=O)NC2CCS(=O)CC2)CCC1. The molecule has 1 saturated carbocycles. The summed E-state index contributed by atoms with van der Waals surface area (Å²) in [4.78, 5) is 22.7. The molecule has 1 saturated heterocycles. The Kier molecular flexibility index (Phi) is 5.01. The number of carbonyl (C=O) groups is 2. The van der Waals surface area contributed by atoms with Crippen LogP contribution in [0.3, 0.4) is 0 Å². The summed E-state index contributed by atoms with van der Waals surface area (Å²) in [6.07, 6.45) is 4.38. The predicted octanol–water partition coefficient (Wildman–Crippen LogP) is 0.842. The molecule has 2 aliphatic rings. The van der Waals surface area contributed by atoms with E-state index in [0.717, 1.165) is 32.1 Å². The molecule has 2 fully saturated rings. The number of urea groups is 1. The molecule has 1 heterocycles. The highest BCUT2D eigenvalue weighted by Crippen LogP contribution is 2.43. The molecule has 6 nitrogen and oxygen atoms in total. The van der Waals surface area contributed by atoms with Crippen molar-refractivity contribution in [1.82, 2.24) is 10.6 Å². The molecular weight excluding hydrogens is 280 g/mol. The second-order valence-corrected chi connectivity index (χ2v) is 7.57. The minimum Gasteiger partial charge on any atom is -0.481 e. The number of carboxylic acid groups (broad SMARTS) is 1. The van der Waals surface area contributed by atoms with Gasteiger partial charge in [-0.2, -0.15) is 0 Å². The second kappa shape index (κ2) is 6.56. The normalized spacial score (nSPS) is 28.2. The Morgan fingerprint density at radius 2 is 1.90 bits per heavy atom. The smallest absolute Gasteiger partial charge is 0.315 e. The molecule has 0 unspecified atom stereocenters. The Morgan fingerprint density at radius 3 is 2.40 bits per heavy atom. The molecule has 0 aromatic carbocycles. The maximum Gasteiger partial charge on any atom is 0.315 e. The lowest BCUT2D eigenvalue weighted by molar-refractivity contribution is -0.141. The minimum atomic E-state index is -0.804. The summed E-state index contributed by atoms with van der Waals surface area (Å²) in [6, 6.07) is -0.149. The second-order valence-electron chi connectivity index (χ2n) is 5.87. The first-order valence-corrected chi connectivity index (χ1v) is 8.59. The molecule has 0 aromatic heterocycles. The highest BCUT2D eigenvalue weighted by molar-refractivity contribution is 7.85. The van der Waals surface area contributed by atoms with Gasteiger partial charge in [0.2, 0.25) is 0 Å². The zero-order valence-electron chi connectivity index (χ0n) is 11.5. The van der Waals surface area contributed by atoms with Gasteiger partial charge in [0.15, 0.2) is 0 Å². The van der Waals surface area contributed by atoms with Crippen LogP contribution < -0.4 is 10.6 Å². The Bertz CT molecular complexity index is 399. The van der Waals surface area contributed by atoms with Gasteiger partial charge < -0.3 is 15.7 Å². The van der Waals surface area contributed by atoms with Crippen molar-refractivity contribution in [2.75, 3.05) is 18.1 Å². The molecule has 7 heteroatoms. The summed E-state index contributed by atoms with van der Waals surface area (Å²) in [7, 11) is -0.730. The Balaban J connectivity index is 1.71. The van der Waals surface area contributed by atoms with E-state index in [1.807, 2.05) is 0 Å². The molecule has 0 radical (unpaired) electrons. The van der Waals surface area contributed by atoms with Crippen LogP contribution in [0.1, 0.15) is 38.5 Å². The molecule has 0 atom stereocenters. The standard InChI is InChI=1S/C13H22N2O4S/c16-11(17)8-13(4-1-5-13)9-14-12(18)15-10-2-6-20(19)7-3-10/h10H,1-9H2,(H,16,17)(H2,14,15,18). The monoisotopic (exact) mass is 302 g/mol. The van der Waals surface area contributed by atoms with Crippen molar-refractivity contribution >= 4 is 22.8 Å². The van der Waals surface area contributed by atoms with Crippen LogP contribution in [0.25, 0.3) is 0 Å². The van der Waals surface area contributed by atoms with Crippen LogP contribution in [0.5, 0.6) is 0 Å². The summed E-state index contributed by atoms with van der Waals surface area (Å²) in [6.45, 7) is 0.420. The Morgan fingerprint density at radius 1 is 1.25 bits per heavy atom. The van der Waals surface area contributed by atoms with E-state index < -0.39 is 16.8 Å². The summed E-state index contributed by atoms with van der Waals surface area (Å²) < 4.78 is 11.2. The summed E-state index contributed by atoms with van der Waals surface area (Å²) in [5.41, 5.74) is -0.253. The van der Waals surface area contributed by atoms with Crippen LogP contribution in [-0.4, -0.2) is 45.4 Å². The molecule has 2 rings (SSSR count). The summed E-state index contributed by atoms with van der Waals surface area (Å²) in [5, 5.41) is 14.6. The zero-order chi connectivity index (χ0) is 14.6. The number of hydrogen-bond acceptors (Lipinski definition) is 3. The van der Waals surface area contributed by atoms with Gasteiger partial charge in [0.05, 0.1) is 6.42 Å². The highest BCUT2D eigenvalue weighted by atomic mass is 32.2. The third kappa shape index (κ3) is 4.19. The average Bonchev–Trinajstić information content (AvgIpc) is 2.35. The topological polar surface area (TPSA) is 95.5 Å². The maximum atomic E-state index is 11.8. The van der Waals surface area contributed by atoms with E-state index in [9.17, 15) is 13.8 Å². The van der Waals surface area contributed by atoms with Gasteiger partial charge in [0.25, 0.3) is 0 Å². The predicted molar refractivity (Wildman–Crippen MR) is 76.0 cm³/mol.